The summed E-state index contributed by atoms with van der Waals surface area (Å²) in [6, 6.07) is 3.55. The predicted octanol–water partition coefficient (Wildman–Crippen LogP) is 3.29. The molecule has 1 aliphatic rings. The van der Waals surface area contributed by atoms with E-state index < -0.39 is 11.7 Å². The predicted molar refractivity (Wildman–Crippen MR) is 72.7 cm³/mol. The lowest BCUT2D eigenvalue weighted by atomic mass is 10.1. The first-order valence-electron chi connectivity index (χ1n) is 6.75. The van der Waals surface area contributed by atoms with Gasteiger partial charge in [0.1, 0.15) is 0 Å². The van der Waals surface area contributed by atoms with E-state index in [1.807, 2.05) is 11.8 Å². The van der Waals surface area contributed by atoms with Gasteiger partial charge in [-0.1, -0.05) is 0 Å². The molecule has 0 aliphatic carbocycles. The Labute approximate surface area is 116 Å². The molecule has 1 aromatic rings. The van der Waals surface area contributed by atoms with Crippen LogP contribution in [-0.2, 0) is 10.9 Å². The van der Waals surface area contributed by atoms with Crippen LogP contribution in [0.25, 0.3) is 0 Å². The fraction of sp³-hybridized carbons (Fsp3) is 0.571. The standard InChI is InChI=1S/C14H19F3N2O/c1-2-20-11-5-7-19(8-6-11)13-4-3-10(9-12(13)18)14(15,16)17/h3-4,9,11H,2,5-8,18H2,1H3. The molecule has 0 saturated carbocycles. The van der Waals surface area contributed by atoms with Crippen LogP contribution in [0, 0.1) is 0 Å². The molecule has 0 amide bonds. The lowest BCUT2D eigenvalue weighted by Crippen LogP contribution is -2.37. The first-order valence-corrected chi connectivity index (χ1v) is 6.75. The molecule has 1 fully saturated rings. The van der Waals surface area contributed by atoms with E-state index in [-0.39, 0.29) is 11.8 Å². The van der Waals surface area contributed by atoms with E-state index in [9.17, 15) is 13.2 Å². The van der Waals surface area contributed by atoms with Gasteiger partial charge in [0.15, 0.2) is 0 Å². The lowest BCUT2D eigenvalue weighted by molar-refractivity contribution is -0.137. The molecule has 0 bridgehead atoms. The molecule has 0 unspecified atom stereocenters. The summed E-state index contributed by atoms with van der Waals surface area (Å²) in [5.41, 5.74) is 5.91. The average molecular weight is 288 g/mol. The minimum Gasteiger partial charge on any atom is -0.397 e. The molecule has 0 radical (unpaired) electrons. The number of piperidine rings is 1. The van der Waals surface area contributed by atoms with Gasteiger partial charge in [0.25, 0.3) is 0 Å². The number of hydrogen-bond donors (Lipinski definition) is 1. The van der Waals surface area contributed by atoms with Crippen molar-refractivity contribution in [2.45, 2.75) is 32.0 Å². The highest BCUT2D eigenvalue weighted by atomic mass is 19.4. The Kier molecular flexibility index (Phi) is 4.42. The SMILES string of the molecule is CCOC1CCN(c2ccc(C(F)(F)F)cc2N)CC1. The fourth-order valence-electron chi connectivity index (χ4n) is 2.52. The Morgan fingerprint density at radius 1 is 1.30 bits per heavy atom. The van der Waals surface area contributed by atoms with E-state index in [2.05, 4.69) is 0 Å². The monoisotopic (exact) mass is 288 g/mol. The van der Waals surface area contributed by atoms with Crippen molar-refractivity contribution in [3.05, 3.63) is 23.8 Å². The number of ether oxygens (including phenoxy) is 1. The zero-order valence-electron chi connectivity index (χ0n) is 11.4. The Morgan fingerprint density at radius 2 is 1.95 bits per heavy atom. The normalized spacial score (nSPS) is 17.5. The van der Waals surface area contributed by atoms with Crippen molar-refractivity contribution < 1.29 is 17.9 Å². The second kappa shape index (κ2) is 5.91. The van der Waals surface area contributed by atoms with Crippen LogP contribution in [0.15, 0.2) is 18.2 Å². The van der Waals surface area contributed by atoms with Gasteiger partial charge in [0, 0.05) is 19.7 Å². The molecule has 6 heteroatoms. The van der Waals surface area contributed by atoms with Crippen LogP contribution < -0.4 is 10.6 Å². The average Bonchev–Trinajstić information content (AvgIpc) is 2.39. The summed E-state index contributed by atoms with van der Waals surface area (Å²) >= 11 is 0. The van der Waals surface area contributed by atoms with Crippen molar-refractivity contribution >= 4 is 11.4 Å². The third-order valence-electron chi connectivity index (χ3n) is 3.54. The summed E-state index contributed by atoms with van der Waals surface area (Å²) in [6.45, 7) is 4.15. The summed E-state index contributed by atoms with van der Waals surface area (Å²) in [4.78, 5) is 2.02. The molecule has 0 aromatic heterocycles. The van der Waals surface area contributed by atoms with Gasteiger partial charge in [-0.05, 0) is 38.0 Å². The maximum Gasteiger partial charge on any atom is 0.416 e. The van der Waals surface area contributed by atoms with Crippen LogP contribution in [-0.4, -0.2) is 25.8 Å². The lowest BCUT2D eigenvalue weighted by Gasteiger charge is -2.34. The fourth-order valence-corrected chi connectivity index (χ4v) is 2.52. The zero-order chi connectivity index (χ0) is 14.8. The molecule has 0 atom stereocenters. The molecule has 20 heavy (non-hydrogen) atoms. The van der Waals surface area contributed by atoms with Crippen LogP contribution >= 0.6 is 0 Å². The van der Waals surface area contributed by atoms with Gasteiger partial charge in [-0.15, -0.1) is 0 Å². The Morgan fingerprint density at radius 3 is 2.45 bits per heavy atom. The summed E-state index contributed by atoms with van der Waals surface area (Å²) < 4.78 is 43.3. The third kappa shape index (κ3) is 3.36. The van der Waals surface area contributed by atoms with Crippen LogP contribution in [0.2, 0.25) is 0 Å². The van der Waals surface area contributed by atoms with E-state index >= 15 is 0 Å². The van der Waals surface area contributed by atoms with E-state index in [4.69, 9.17) is 10.5 Å². The zero-order valence-corrected chi connectivity index (χ0v) is 11.4. The Hall–Kier alpha value is -1.43. The topological polar surface area (TPSA) is 38.5 Å². The molecular weight excluding hydrogens is 269 g/mol. The van der Waals surface area contributed by atoms with Gasteiger partial charge >= 0.3 is 6.18 Å². The molecule has 1 aliphatic heterocycles. The first-order chi connectivity index (χ1) is 9.41. The Balaban J connectivity index is 2.07. The summed E-state index contributed by atoms with van der Waals surface area (Å²) in [5, 5.41) is 0. The van der Waals surface area contributed by atoms with Gasteiger partial charge in [-0.3, -0.25) is 0 Å². The highest BCUT2D eigenvalue weighted by Crippen LogP contribution is 2.34. The molecule has 1 aromatic carbocycles. The van der Waals surface area contributed by atoms with E-state index in [0.29, 0.717) is 12.3 Å². The van der Waals surface area contributed by atoms with Crippen LogP contribution in [0.5, 0.6) is 0 Å². The van der Waals surface area contributed by atoms with Gasteiger partial charge in [0.2, 0.25) is 0 Å². The summed E-state index contributed by atoms with van der Waals surface area (Å²) in [5.74, 6) is 0. The molecule has 1 saturated heterocycles. The molecule has 2 rings (SSSR count). The molecule has 112 valence electrons. The minimum absolute atomic E-state index is 0.176. The van der Waals surface area contributed by atoms with Gasteiger partial charge in [-0.2, -0.15) is 13.2 Å². The number of nitrogens with zero attached hydrogens (tertiary/aromatic N) is 1. The molecule has 3 nitrogen and oxygen atoms in total. The first kappa shape index (κ1) is 15.0. The number of nitrogen functional groups attached to an aromatic ring is 1. The highest BCUT2D eigenvalue weighted by Gasteiger charge is 2.31. The van der Waals surface area contributed by atoms with E-state index in [1.54, 1.807) is 0 Å². The van der Waals surface area contributed by atoms with Gasteiger partial charge < -0.3 is 15.4 Å². The Bertz CT molecular complexity index is 454. The van der Waals surface area contributed by atoms with E-state index in [0.717, 1.165) is 38.1 Å². The van der Waals surface area contributed by atoms with Crippen molar-refractivity contribution in [3.63, 3.8) is 0 Å². The molecular formula is C14H19F3N2O. The number of alkyl halides is 3. The van der Waals surface area contributed by atoms with Crippen LogP contribution in [0.1, 0.15) is 25.3 Å². The molecule has 0 spiro atoms. The second-order valence-corrected chi connectivity index (χ2v) is 4.91. The van der Waals surface area contributed by atoms with Crippen LogP contribution in [0.3, 0.4) is 0 Å². The number of hydrogen-bond acceptors (Lipinski definition) is 3. The molecule has 1 heterocycles. The molecule has 2 N–H and O–H groups in total. The number of anilines is 2. The van der Waals surface area contributed by atoms with Gasteiger partial charge in [0.05, 0.1) is 23.0 Å². The van der Waals surface area contributed by atoms with Crippen molar-refractivity contribution in [2.75, 3.05) is 30.3 Å². The quantitative estimate of drug-likeness (QED) is 0.867. The number of nitrogens with two attached hydrogens (primary N) is 1. The van der Waals surface area contributed by atoms with Crippen molar-refractivity contribution in [1.82, 2.24) is 0 Å². The summed E-state index contributed by atoms with van der Waals surface area (Å²) in [7, 11) is 0. The van der Waals surface area contributed by atoms with Crippen molar-refractivity contribution in [3.8, 4) is 0 Å². The largest absolute Gasteiger partial charge is 0.416 e. The van der Waals surface area contributed by atoms with Crippen molar-refractivity contribution in [2.24, 2.45) is 0 Å². The number of halogens is 3. The van der Waals surface area contributed by atoms with Gasteiger partial charge in [-0.25, -0.2) is 0 Å². The summed E-state index contributed by atoms with van der Waals surface area (Å²) in [6.07, 6.45) is -2.37. The van der Waals surface area contributed by atoms with E-state index in [1.165, 1.54) is 6.07 Å². The second-order valence-electron chi connectivity index (χ2n) is 4.91. The van der Waals surface area contributed by atoms with Crippen molar-refractivity contribution in [1.29, 1.82) is 0 Å². The number of rotatable bonds is 3. The van der Waals surface area contributed by atoms with Crippen LogP contribution in [0.4, 0.5) is 24.5 Å². The maximum absolute atomic E-state index is 12.6. The third-order valence-corrected chi connectivity index (χ3v) is 3.54. The number of benzene rings is 1. The smallest absolute Gasteiger partial charge is 0.397 e. The maximum atomic E-state index is 12.6. The highest BCUT2D eigenvalue weighted by molar-refractivity contribution is 5.68. The minimum atomic E-state index is -4.35.